The predicted molar refractivity (Wildman–Crippen MR) is 121 cm³/mol. The average Bonchev–Trinajstić information content (AvgIpc) is 3.18. The van der Waals surface area contributed by atoms with Gasteiger partial charge in [-0.25, -0.2) is 8.78 Å². The van der Waals surface area contributed by atoms with Gasteiger partial charge in [0, 0.05) is 23.2 Å². The van der Waals surface area contributed by atoms with E-state index in [0.29, 0.717) is 22.4 Å². The molecule has 0 unspecified atom stereocenters. The fourth-order valence-corrected chi connectivity index (χ4v) is 3.94. The molecule has 1 aromatic heterocycles. The lowest BCUT2D eigenvalue weighted by Crippen LogP contribution is -2.16. The molecule has 0 fully saturated rings. The number of hydrogen-bond donors (Lipinski definition) is 1. The van der Waals surface area contributed by atoms with Crippen LogP contribution >= 0.6 is 23.4 Å². The largest absolute Gasteiger partial charge is 0.323 e. The minimum atomic E-state index is -0.709. The topological polar surface area (TPSA) is 59.8 Å². The Labute approximate surface area is 192 Å². The minimum Gasteiger partial charge on any atom is -0.323 e. The molecule has 4 rings (SSSR count). The van der Waals surface area contributed by atoms with Crippen molar-refractivity contribution in [2.24, 2.45) is 0 Å². The van der Waals surface area contributed by atoms with Gasteiger partial charge in [-0.15, -0.1) is 10.2 Å². The van der Waals surface area contributed by atoms with Crippen LogP contribution in [0.1, 0.15) is 11.4 Å². The van der Waals surface area contributed by atoms with Crippen LogP contribution in [-0.4, -0.2) is 26.4 Å². The minimum absolute atomic E-state index is 0.0625. The van der Waals surface area contributed by atoms with Gasteiger partial charge in [-0.2, -0.15) is 0 Å². The Morgan fingerprint density at radius 2 is 1.75 bits per heavy atom. The van der Waals surface area contributed by atoms with E-state index >= 15 is 0 Å². The van der Waals surface area contributed by atoms with E-state index < -0.39 is 17.5 Å². The Kier molecular flexibility index (Phi) is 6.82. The van der Waals surface area contributed by atoms with Crippen LogP contribution in [0.3, 0.4) is 0 Å². The highest BCUT2D eigenvalue weighted by atomic mass is 35.5. The molecule has 1 amide bonds. The maximum atomic E-state index is 13.8. The number of benzene rings is 3. The molecule has 0 spiro atoms. The molecular weight excluding hydrogens is 454 g/mol. The average molecular weight is 471 g/mol. The number of hydrogen-bond acceptors (Lipinski definition) is 4. The van der Waals surface area contributed by atoms with Crippen molar-refractivity contribution in [1.29, 1.82) is 0 Å². The molecule has 1 heterocycles. The summed E-state index contributed by atoms with van der Waals surface area (Å²) in [5.41, 5.74) is 1.65. The van der Waals surface area contributed by atoms with Crippen molar-refractivity contribution in [1.82, 2.24) is 14.8 Å². The molecular formula is C23H17ClF2N4OS. The zero-order chi connectivity index (χ0) is 22.5. The molecule has 0 radical (unpaired) electrons. The van der Waals surface area contributed by atoms with Gasteiger partial charge in [0.1, 0.15) is 17.5 Å². The third-order valence-corrected chi connectivity index (χ3v) is 5.71. The van der Waals surface area contributed by atoms with Gasteiger partial charge in [-0.05, 0) is 42.0 Å². The quantitative estimate of drug-likeness (QED) is 0.361. The van der Waals surface area contributed by atoms with Gasteiger partial charge in [-0.3, -0.25) is 9.36 Å². The maximum absolute atomic E-state index is 13.8. The number of nitrogens with zero attached hydrogens (tertiary/aromatic N) is 3. The molecule has 3 aromatic carbocycles. The van der Waals surface area contributed by atoms with E-state index in [2.05, 4.69) is 15.5 Å². The summed E-state index contributed by atoms with van der Waals surface area (Å²) < 4.78 is 29.0. The highest BCUT2D eigenvalue weighted by Crippen LogP contribution is 2.25. The lowest BCUT2D eigenvalue weighted by Gasteiger charge is -2.11. The first-order valence-corrected chi connectivity index (χ1v) is 11.0. The number of nitrogens with one attached hydrogen (secondary N) is 1. The first-order chi connectivity index (χ1) is 15.5. The van der Waals surface area contributed by atoms with Crippen LogP contribution in [0.25, 0.3) is 5.69 Å². The lowest BCUT2D eigenvalue weighted by molar-refractivity contribution is -0.113. The first kappa shape index (κ1) is 22.0. The fraction of sp³-hybridized carbons (Fsp3) is 0.0870. The van der Waals surface area contributed by atoms with Crippen molar-refractivity contribution in [2.45, 2.75) is 11.6 Å². The van der Waals surface area contributed by atoms with Gasteiger partial charge in [-0.1, -0.05) is 53.7 Å². The number of aromatic nitrogens is 3. The van der Waals surface area contributed by atoms with E-state index in [4.69, 9.17) is 11.6 Å². The van der Waals surface area contributed by atoms with E-state index in [-0.39, 0.29) is 11.4 Å². The van der Waals surface area contributed by atoms with Crippen LogP contribution in [0.15, 0.2) is 78.0 Å². The smallest absolute Gasteiger partial charge is 0.234 e. The van der Waals surface area contributed by atoms with Crippen molar-refractivity contribution in [3.05, 3.63) is 101 Å². The van der Waals surface area contributed by atoms with Gasteiger partial charge >= 0.3 is 0 Å². The Bertz CT molecular complexity index is 1230. The standard InChI is InChI=1S/C23H17ClF2N4OS/c24-16-6-9-18(10-7-16)30-21(12-15-4-2-1-3-5-15)28-29-23(30)32-14-22(31)27-20-13-17(25)8-11-19(20)26/h1-11,13H,12,14H2,(H,27,31). The van der Waals surface area contributed by atoms with Crippen molar-refractivity contribution >= 4 is 35.0 Å². The molecule has 0 saturated carbocycles. The summed E-state index contributed by atoms with van der Waals surface area (Å²) in [6.07, 6.45) is 0.539. The molecule has 0 saturated heterocycles. The summed E-state index contributed by atoms with van der Waals surface area (Å²) >= 11 is 7.17. The maximum Gasteiger partial charge on any atom is 0.234 e. The highest BCUT2D eigenvalue weighted by molar-refractivity contribution is 7.99. The van der Waals surface area contributed by atoms with Crippen molar-refractivity contribution in [2.75, 3.05) is 11.1 Å². The SMILES string of the molecule is O=C(CSc1nnc(Cc2ccccc2)n1-c1ccc(Cl)cc1)Nc1cc(F)ccc1F. The summed E-state index contributed by atoms with van der Waals surface area (Å²) in [6.45, 7) is 0. The zero-order valence-corrected chi connectivity index (χ0v) is 18.2. The molecule has 32 heavy (non-hydrogen) atoms. The van der Waals surface area contributed by atoms with Gasteiger partial charge < -0.3 is 5.32 Å². The highest BCUT2D eigenvalue weighted by Gasteiger charge is 2.17. The molecule has 0 atom stereocenters. The number of amides is 1. The molecule has 5 nitrogen and oxygen atoms in total. The van der Waals surface area contributed by atoms with Crippen molar-refractivity contribution < 1.29 is 13.6 Å². The van der Waals surface area contributed by atoms with E-state index in [1.165, 1.54) is 0 Å². The van der Waals surface area contributed by atoms with Crippen LogP contribution in [0, 0.1) is 11.6 Å². The predicted octanol–water partition coefficient (Wildman–Crippen LogP) is 5.52. The Morgan fingerprint density at radius 3 is 2.50 bits per heavy atom. The summed E-state index contributed by atoms with van der Waals surface area (Å²) in [5.74, 6) is -1.21. The van der Waals surface area contributed by atoms with Crippen LogP contribution in [0.4, 0.5) is 14.5 Å². The van der Waals surface area contributed by atoms with Crippen LogP contribution < -0.4 is 5.32 Å². The second-order valence-corrected chi connectivity index (χ2v) is 8.21. The Morgan fingerprint density at radius 1 is 1.00 bits per heavy atom. The second kappa shape index (κ2) is 9.93. The summed E-state index contributed by atoms with van der Waals surface area (Å²) in [4.78, 5) is 12.3. The summed E-state index contributed by atoms with van der Waals surface area (Å²) in [7, 11) is 0. The molecule has 0 aliphatic rings. The fourth-order valence-electron chi connectivity index (χ4n) is 3.05. The van der Waals surface area contributed by atoms with Gasteiger partial charge in [0.2, 0.25) is 5.91 Å². The zero-order valence-electron chi connectivity index (χ0n) is 16.6. The monoisotopic (exact) mass is 470 g/mol. The number of thioether (sulfide) groups is 1. The number of anilines is 1. The van der Waals surface area contributed by atoms with Crippen LogP contribution in [0.5, 0.6) is 0 Å². The molecule has 4 aromatic rings. The second-order valence-electron chi connectivity index (χ2n) is 6.83. The molecule has 0 bridgehead atoms. The number of carbonyl (C=O) groups is 1. The summed E-state index contributed by atoms with van der Waals surface area (Å²) in [5, 5.41) is 12.0. The van der Waals surface area contributed by atoms with Gasteiger partial charge in [0.25, 0.3) is 0 Å². The Hall–Kier alpha value is -3.23. The Balaban J connectivity index is 1.55. The van der Waals surface area contributed by atoms with E-state index in [0.717, 1.165) is 41.2 Å². The van der Waals surface area contributed by atoms with Crippen molar-refractivity contribution in [3.8, 4) is 5.69 Å². The van der Waals surface area contributed by atoms with Gasteiger partial charge in [0.05, 0.1) is 11.4 Å². The van der Waals surface area contributed by atoms with Gasteiger partial charge in [0.15, 0.2) is 5.16 Å². The van der Waals surface area contributed by atoms with Crippen LogP contribution in [-0.2, 0) is 11.2 Å². The molecule has 0 aliphatic carbocycles. The first-order valence-electron chi connectivity index (χ1n) is 9.61. The third kappa shape index (κ3) is 5.33. The van der Waals surface area contributed by atoms with Crippen molar-refractivity contribution in [3.63, 3.8) is 0 Å². The summed E-state index contributed by atoms with van der Waals surface area (Å²) in [6, 6.07) is 19.9. The van der Waals surface area contributed by atoms with E-state index in [1.807, 2.05) is 47.0 Å². The van der Waals surface area contributed by atoms with E-state index in [1.54, 1.807) is 12.1 Å². The number of carbonyl (C=O) groups excluding carboxylic acids is 1. The normalized spacial score (nSPS) is 10.8. The number of halogens is 3. The number of rotatable bonds is 7. The molecule has 1 N–H and O–H groups in total. The van der Waals surface area contributed by atoms with E-state index in [9.17, 15) is 13.6 Å². The molecule has 162 valence electrons. The molecule has 0 aliphatic heterocycles. The van der Waals surface area contributed by atoms with Crippen LogP contribution in [0.2, 0.25) is 5.02 Å². The molecule has 9 heteroatoms. The lowest BCUT2D eigenvalue weighted by atomic mass is 10.1. The third-order valence-electron chi connectivity index (χ3n) is 4.53.